The summed E-state index contributed by atoms with van der Waals surface area (Å²) in [6.45, 7) is 0. The number of fused-ring (bicyclic) bond motifs is 1. The molecule has 1 aromatic carbocycles. The summed E-state index contributed by atoms with van der Waals surface area (Å²) in [5.41, 5.74) is 0.776. The van der Waals surface area contributed by atoms with E-state index in [9.17, 15) is 13.2 Å². The lowest BCUT2D eigenvalue weighted by molar-refractivity contribution is 0.426. The Labute approximate surface area is 129 Å². The second kappa shape index (κ2) is 6.26. The Kier molecular flexibility index (Phi) is 4.35. The van der Waals surface area contributed by atoms with Crippen LogP contribution >= 0.6 is 0 Å². The van der Waals surface area contributed by atoms with Gasteiger partial charge in [-0.3, -0.25) is 0 Å². The summed E-state index contributed by atoms with van der Waals surface area (Å²) in [7, 11) is -3.56. The molecule has 6 nitrogen and oxygen atoms in total. The van der Waals surface area contributed by atoms with Crippen LogP contribution in [0.4, 0.5) is 0 Å². The van der Waals surface area contributed by atoms with Gasteiger partial charge in [0.25, 0.3) is 0 Å². The Hall–Kier alpha value is -1.60. The summed E-state index contributed by atoms with van der Waals surface area (Å²) in [5.74, 6) is 0. The van der Waals surface area contributed by atoms with Gasteiger partial charge in [-0.1, -0.05) is 32.1 Å². The van der Waals surface area contributed by atoms with Crippen molar-refractivity contribution in [3.05, 3.63) is 28.7 Å². The Morgan fingerprint density at radius 2 is 1.59 bits per heavy atom. The number of benzene rings is 1. The van der Waals surface area contributed by atoms with Crippen molar-refractivity contribution in [2.75, 3.05) is 0 Å². The first kappa shape index (κ1) is 15.3. The van der Waals surface area contributed by atoms with Crippen LogP contribution in [0.1, 0.15) is 44.9 Å². The zero-order valence-corrected chi connectivity index (χ0v) is 13.2. The zero-order valence-electron chi connectivity index (χ0n) is 12.4. The van der Waals surface area contributed by atoms with Crippen LogP contribution in [0.5, 0.6) is 0 Å². The molecular weight excluding hydrogens is 302 g/mol. The van der Waals surface area contributed by atoms with Crippen molar-refractivity contribution >= 4 is 21.1 Å². The van der Waals surface area contributed by atoms with Crippen molar-refractivity contribution in [2.45, 2.75) is 55.9 Å². The largest absolute Gasteiger partial charge is 0.323 e. The molecule has 0 unspecified atom stereocenters. The molecule has 3 N–H and O–H groups in total. The predicted octanol–water partition coefficient (Wildman–Crippen LogP) is 2.25. The number of sulfonamides is 1. The molecule has 7 heteroatoms. The topological polar surface area (TPSA) is 94.8 Å². The molecule has 1 fully saturated rings. The smallest absolute Gasteiger partial charge is 0.306 e. The van der Waals surface area contributed by atoms with Crippen LogP contribution < -0.4 is 10.4 Å². The molecule has 3 rings (SSSR count). The van der Waals surface area contributed by atoms with E-state index in [1.807, 2.05) is 0 Å². The highest BCUT2D eigenvalue weighted by Gasteiger charge is 2.21. The Morgan fingerprint density at radius 1 is 0.955 bits per heavy atom. The van der Waals surface area contributed by atoms with Gasteiger partial charge < -0.3 is 9.97 Å². The van der Waals surface area contributed by atoms with Gasteiger partial charge in [0.1, 0.15) is 0 Å². The van der Waals surface area contributed by atoms with Crippen LogP contribution in [0.15, 0.2) is 27.9 Å². The quantitative estimate of drug-likeness (QED) is 0.808. The van der Waals surface area contributed by atoms with Crippen LogP contribution in [-0.4, -0.2) is 24.4 Å². The minimum atomic E-state index is -3.56. The molecule has 0 spiro atoms. The number of hydrogen-bond donors (Lipinski definition) is 3. The third kappa shape index (κ3) is 3.41. The average molecular weight is 323 g/mol. The number of aromatic nitrogens is 2. The molecule has 120 valence electrons. The van der Waals surface area contributed by atoms with Crippen molar-refractivity contribution in [3.63, 3.8) is 0 Å². The number of hydrogen-bond acceptors (Lipinski definition) is 3. The fraction of sp³-hybridized carbons (Fsp3) is 0.533. The lowest BCUT2D eigenvalue weighted by Crippen LogP contribution is -2.35. The first-order chi connectivity index (χ1) is 10.5. The van der Waals surface area contributed by atoms with Crippen LogP contribution in [-0.2, 0) is 10.0 Å². The van der Waals surface area contributed by atoms with Gasteiger partial charge in [0.2, 0.25) is 10.0 Å². The highest BCUT2D eigenvalue weighted by molar-refractivity contribution is 7.89. The summed E-state index contributed by atoms with van der Waals surface area (Å²) >= 11 is 0. The predicted molar refractivity (Wildman–Crippen MR) is 85.3 cm³/mol. The fourth-order valence-corrected chi connectivity index (χ4v) is 4.37. The van der Waals surface area contributed by atoms with Crippen molar-refractivity contribution in [2.24, 2.45) is 0 Å². The zero-order chi connectivity index (χ0) is 15.6. The normalized spacial score (nSPS) is 18.2. The van der Waals surface area contributed by atoms with E-state index in [1.54, 1.807) is 6.07 Å². The first-order valence-electron chi connectivity index (χ1n) is 7.79. The summed E-state index contributed by atoms with van der Waals surface area (Å²) < 4.78 is 27.9. The van der Waals surface area contributed by atoms with Gasteiger partial charge in [-0.15, -0.1) is 0 Å². The van der Waals surface area contributed by atoms with Crippen LogP contribution in [0, 0.1) is 0 Å². The molecule has 1 aliphatic carbocycles. The second-order valence-electron chi connectivity index (χ2n) is 5.95. The number of rotatable bonds is 3. The molecule has 22 heavy (non-hydrogen) atoms. The van der Waals surface area contributed by atoms with Crippen molar-refractivity contribution < 1.29 is 8.42 Å². The summed E-state index contributed by atoms with van der Waals surface area (Å²) in [6, 6.07) is 4.64. The molecule has 1 heterocycles. The van der Waals surface area contributed by atoms with Gasteiger partial charge in [0.05, 0.1) is 15.9 Å². The van der Waals surface area contributed by atoms with E-state index in [0.29, 0.717) is 11.0 Å². The molecule has 1 saturated carbocycles. The van der Waals surface area contributed by atoms with Gasteiger partial charge in [-0.2, -0.15) is 0 Å². The lowest BCUT2D eigenvalue weighted by Gasteiger charge is -2.21. The number of aromatic amines is 2. The fourth-order valence-electron chi connectivity index (χ4n) is 3.04. The third-order valence-electron chi connectivity index (χ3n) is 4.22. The van der Waals surface area contributed by atoms with Crippen LogP contribution in [0.2, 0.25) is 0 Å². The molecular formula is C15H21N3O3S. The van der Waals surface area contributed by atoms with E-state index in [1.165, 1.54) is 31.4 Å². The van der Waals surface area contributed by atoms with Gasteiger partial charge in [-0.25, -0.2) is 17.9 Å². The van der Waals surface area contributed by atoms with Crippen LogP contribution in [0.3, 0.4) is 0 Å². The van der Waals surface area contributed by atoms with Crippen molar-refractivity contribution in [1.82, 2.24) is 14.7 Å². The van der Waals surface area contributed by atoms with E-state index in [2.05, 4.69) is 14.7 Å². The number of H-pyrrole nitrogens is 2. The summed E-state index contributed by atoms with van der Waals surface area (Å²) in [4.78, 5) is 16.7. The Balaban J connectivity index is 1.81. The molecule has 2 aromatic rings. The van der Waals surface area contributed by atoms with E-state index < -0.39 is 10.0 Å². The summed E-state index contributed by atoms with van der Waals surface area (Å²) in [6.07, 6.45) is 7.51. The van der Waals surface area contributed by atoms with Gasteiger partial charge in [-0.05, 0) is 31.0 Å². The molecule has 1 aromatic heterocycles. The second-order valence-corrected chi connectivity index (χ2v) is 7.66. The number of imidazole rings is 1. The van der Waals surface area contributed by atoms with Crippen molar-refractivity contribution in [1.29, 1.82) is 0 Å². The molecule has 1 aliphatic rings. The van der Waals surface area contributed by atoms with E-state index in [4.69, 9.17) is 0 Å². The molecule has 0 radical (unpaired) electrons. The Morgan fingerprint density at radius 3 is 2.32 bits per heavy atom. The highest BCUT2D eigenvalue weighted by Crippen LogP contribution is 2.20. The minimum Gasteiger partial charge on any atom is -0.306 e. The van der Waals surface area contributed by atoms with Crippen molar-refractivity contribution in [3.8, 4) is 0 Å². The van der Waals surface area contributed by atoms with Gasteiger partial charge in [0.15, 0.2) is 0 Å². The monoisotopic (exact) mass is 323 g/mol. The number of nitrogens with one attached hydrogen (secondary N) is 3. The highest BCUT2D eigenvalue weighted by atomic mass is 32.2. The summed E-state index contributed by atoms with van der Waals surface area (Å²) in [5, 5.41) is 0. The Bertz CT molecular complexity index is 799. The maximum Gasteiger partial charge on any atom is 0.323 e. The van der Waals surface area contributed by atoms with Crippen LogP contribution in [0.25, 0.3) is 11.0 Å². The molecule has 0 atom stereocenters. The maximum absolute atomic E-state index is 12.5. The van der Waals surface area contributed by atoms with E-state index in [-0.39, 0.29) is 16.6 Å². The molecule has 0 amide bonds. The minimum absolute atomic E-state index is 0.00581. The lowest BCUT2D eigenvalue weighted by atomic mass is 9.97. The molecule has 0 saturated heterocycles. The molecule has 0 bridgehead atoms. The van der Waals surface area contributed by atoms with E-state index >= 15 is 0 Å². The average Bonchev–Trinajstić information content (AvgIpc) is 2.80. The standard InChI is InChI=1S/C15H21N3O3S/c19-15-16-13-9-8-12(10-14(13)17-15)22(20,21)18-11-6-4-2-1-3-5-7-11/h8-11,18H,1-7H2,(H2,16,17,19). The SMILES string of the molecule is O=c1[nH]c2ccc(S(=O)(=O)NC3CCCCCCC3)cc2[nH]1. The van der Waals surface area contributed by atoms with Gasteiger partial charge >= 0.3 is 5.69 Å². The van der Waals surface area contributed by atoms with Gasteiger partial charge in [0, 0.05) is 6.04 Å². The first-order valence-corrected chi connectivity index (χ1v) is 9.27. The maximum atomic E-state index is 12.5. The third-order valence-corrected chi connectivity index (χ3v) is 5.74. The molecule has 0 aliphatic heterocycles. The van der Waals surface area contributed by atoms with E-state index in [0.717, 1.165) is 25.7 Å².